The van der Waals surface area contributed by atoms with E-state index in [1.54, 1.807) is 24.3 Å². The zero-order valence-corrected chi connectivity index (χ0v) is 19.4. The molecule has 0 aliphatic rings. The molecule has 4 atom stereocenters. The number of carboxylic acid groups (broad SMARTS) is 1. The summed E-state index contributed by atoms with van der Waals surface area (Å²) in [6.07, 6.45) is 0.102. The number of carboxylic acids is 1. The van der Waals surface area contributed by atoms with Gasteiger partial charge in [-0.05, 0) is 49.2 Å². The standard InChI is InChI=1S/C24H30N4O7/c1-13(25)21(30)27-19(23(32)33)11-16-5-9-18(10-6-16)35-24(34)20(28-22(31)14(2)26)12-15-3-7-17(29)8-4-15/h3-10,13-14,19-20,29H,11-12,25-26H2,1-2H3,(H,27,30)(H,28,31)(H,32,33)/t13-,14-,19-,20-/m0/s1. The average Bonchev–Trinajstić information content (AvgIpc) is 2.80. The molecular weight excluding hydrogens is 456 g/mol. The van der Waals surface area contributed by atoms with Crippen LogP contribution in [0.3, 0.4) is 0 Å². The Morgan fingerprint density at radius 1 is 0.800 bits per heavy atom. The maximum Gasteiger partial charge on any atom is 0.334 e. The number of phenolic OH excluding ortho intramolecular Hbond substituents is 1. The van der Waals surface area contributed by atoms with Crippen LogP contribution < -0.4 is 26.8 Å². The third kappa shape index (κ3) is 8.72. The van der Waals surface area contributed by atoms with Gasteiger partial charge in [0.05, 0.1) is 12.1 Å². The smallest absolute Gasteiger partial charge is 0.334 e. The molecular formula is C24H30N4O7. The number of carbonyl (C=O) groups is 4. The van der Waals surface area contributed by atoms with Crippen molar-refractivity contribution in [3.05, 3.63) is 59.7 Å². The van der Waals surface area contributed by atoms with Crippen molar-refractivity contribution in [1.29, 1.82) is 0 Å². The quantitative estimate of drug-likeness (QED) is 0.185. The first-order chi connectivity index (χ1) is 16.5. The number of hydrogen-bond acceptors (Lipinski definition) is 8. The Morgan fingerprint density at radius 3 is 1.69 bits per heavy atom. The van der Waals surface area contributed by atoms with Gasteiger partial charge in [0.2, 0.25) is 11.8 Å². The van der Waals surface area contributed by atoms with Crippen LogP contribution in [-0.2, 0) is 32.0 Å². The van der Waals surface area contributed by atoms with Crippen LogP contribution in [0.5, 0.6) is 11.5 Å². The third-order valence-electron chi connectivity index (χ3n) is 5.00. The summed E-state index contributed by atoms with van der Waals surface area (Å²) in [7, 11) is 0. The third-order valence-corrected chi connectivity index (χ3v) is 5.00. The number of nitrogens with one attached hydrogen (secondary N) is 2. The number of esters is 1. The van der Waals surface area contributed by atoms with Crippen molar-refractivity contribution in [2.45, 2.75) is 50.9 Å². The number of hydrogen-bond donors (Lipinski definition) is 6. The highest BCUT2D eigenvalue weighted by Gasteiger charge is 2.25. The molecule has 0 aliphatic carbocycles. The average molecular weight is 487 g/mol. The molecule has 0 fully saturated rings. The number of aliphatic carboxylic acids is 1. The van der Waals surface area contributed by atoms with Gasteiger partial charge >= 0.3 is 11.9 Å². The van der Waals surface area contributed by atoms with E-state index in [1.165, 1.54) is 38.1 Å². The summed E-state index contributed by atoms with van der Waals surface area (Å²) in [6, 6.07) is 8.33. The zero-order valence-electron chi connectivity index (χ0n) is 19.4. The van der Waals surface area contributed by atoms with Crippen molar-refractivity contribution in [2.75, 3.05) is 0 Å². The minimum absolute atomic E-state index is 0.00402. The predicted molar refractivity (Wildman–Crippen MR) is 126 cm³/mol. The molecule has 11 heteroatoms. The fourth-order valence-corrected chi connectivity index (χ4v) is 2.98. The van der Waals surface area contributed by atoms with Gasteiger partial charge in [-0.25, -0.2) is 9.59 Å². The molecule has 2 aromatic carbocycles. The number of nitrogens with two attached hydrogens (primary N) is 2. The van der Waals surface area contributed by atoms with Gasteiger partial charge < -0.3 is 37.1 Å². The summed E-state index contributed by atoms with van der Waals surface area (Å²) in [4.78, 5) is 48.1. The fraction of sp³-hybridized carbons (Fsp3) is 0.333. The van der Waals surface area contributed by atoms with Crippen LogP contribution in [0, 0.1) is 0 Å². The minimum Gasteiger partial charge on any atom is -0.508 e. The second-order valence-corrected chi connectivity index (χ2v) is 8.18. The molecule has 0 heterocycles. The molecule has 0 unspecified atom stereocenters. The Balaban J connectivity index is 2.09. The van der Waals surface area contributed by atoms with E-state index in [0.29, 0.717) is 11.1 Å². The highest BCUT2D eigenvalue weighted by Crippen LogP contribution is 2.16. The van der Waals surface area contributed by atoms with Crippen molar-refractivity contribution < 1.29 is 34.1 Å². The van der Waals surface area contributed by atoms with Crippen LogP contribution in [0.15, 0.2) is 48.5 Å². The maximum atomic E-state index is 12.8. The molecule has 2 amide bonds. The number of benzene rings is 2. The second kappa shape index (κ2) is 12.5. The van der Waals surface area contributed by atoms with E-state index in [1.807, 2.05) is 0 Å². The molecule has 0 spiro atoms. The maximum absolute atomic E-state index is 12.8. The normalized spacial score (nSPS) is 14.2. The van der Waals surface area contributed by atoms with E-state index < -0.39 is 47.9 Å². The van der Waals surface area contributed by atoms with Crippen molar-refractivity contribution in [1.82, 2.24) is 10.6 Å². The van der Waals surface area contributed by atoms with E-state index in [9.17, 15) is 29.4 Å². The van der Waals surface area contributed by atoms with Gasteiger partial charge in [-0.15, -0.1) is 0 Å². The Labute approximate surface area is 202 Å². The van der Waals surface area contributed by atoms with Gasteiger partial charge in [0, 0.05) is 12.8 Å². The Morgan fingerprint density at radius 2 is 1.23 bits per heavy atom. The van der Waals surface area contributed by atoms with Crippen LogP contribution in [0.4, 0.5) is 0 Å². The van der Waals surface area contributed by atoms with E-state index in [-0.39, 0.29) is 24.3 Å². The lowest BCUT2D eigenvalue weighted by Crippen LogP contribution is -2.49. The number of amides is 2. The molecule has 188 valence electrons. The summed E-state index contributed by atoms with van der Waals surface area (Å²) in [6.45, 7) is 2.93. The predicted octanol–water partition coefficient (Wildman–Crippen LogP) is -0.169. The number of phenols is 1. The lowest BCUT2D eigenvalue weighted by molar-refractivity contribution is -0.141. The summed E-state index contributed by atoms with van der Waals surface area (Å²) < 4.78 is 5.41. The largest absolute Gasteiger partial charge is 0.508 e. The van der Waals surface area contributed by atoms with E-state index in [4.69, 9.17) is 16.2 Å². The molecule has 0 aromatic heterocycles. The van der Waals surface area contributed by atoms with Gasteiger partial charge in [-0.1, -0.05) is 24.3 Å². The summed E-state index contributed by atoms with van der Waals surface area (Å²) >= 11 is 0. The van der Waals surface area contributed by atoms with Gasteiger partial charge in [-0.3, -0.25) is 9.59 Å². The molecule has 0 aliphatic heterocycles. The fourth-order valence-electron chi connectivity index (χ4n) is 2.98. The molecule has 8 N–H and O–H groups in total. The SMILES string of the molecule is C[C@H](N)C(=O)N[C@@H](Cc1ccc(OC(=O)[C@H](Cc2ccc(O)cc2)NC(=O)[C@H](C)N)cc1)C(=O)O. The van der Waals surface area contributed by atoms with E-state index >= 15 is 0 Å². The molecule has 0 radical (unpaired) electrons. The summed E-state index contributed by atoms with van der Waals surface area (Å²) in [5.41, 5.74) is 12.3. The molecule has 2 aromatic rings. The van der Waals surface area contributed by atoms with Crippen LogP contribution in [0.2, 0.25) is 0 Å². The van der Waals surface area contributed by atoms with Gasteiger partial charge in [0.25, 0.3) is 0 Å². The molecule has 0 bridgehead atoms. The van der Waals surface area contributed by atoms with Crippen LogP contribution >= 0.6 is 0 Å². The number of carbonyl (C=O) groups excluding carboxylic acids is 3. The molecule has 35 heavy (non-hydrogen) atoms. The highest BCUT2D eigenvalue weighted by molar-refractivity contribution is 5.88. The lowest BCUT2D eigenvalue weighted by Gasteiger charge is -2.19. The Hall–Kier alpha value is -3.96. The Bertz CT molecular complexity index is 1040. The molecule has 2 rings (SSSR count). The molecule has 0 saturated carbocycles. The highest BCUT2D eigenvalue weighted by atomic mass is 16.5. The topological polar surface area (TPSA) is 194 Å². The zero-order chi connectivity index (χ0) is 26.1. The van der Waals surface area contributed by atoms with Crippen LogP contribution in [0.25, 0.3) is 0 Å². The lowest BCUT2D eigenvalue weighted by atomic mass is 10.0. The first-order valence-corrected chi connectivity index (χ1v) is 10.9. The molecule has 11 nitrogen and oxygen atoms in total. The van der Waals surface area contributed by atoms with Crippen molar-refractivity contribution in [3.8, 4) is 11.5 Å². The van der Waals surface area contributed by atoms with Crippen molar-refractivity contribution in [3.63, 3.8) is 0 Å². The number of rotatable bonds is 11. The van der Waals surface area contributed by atoms with Gasteiger partial charge in [-0.2, -0.15) is 0 Å². The van der Waals surface area contributed by atoms with E-state index in [2.05, 4.69) is 10.6 Å². The Kier molecular flexibility index (Phi) is 9.74. The molecule has 0 saturated heterocycles. The number of ether oxygens (including phenoxy) is 1. The van der Waals surface area contributed by atoms with Crippen LogP contribution in [-0.4, -0.2) is 58.1 Å². The van der Waals surface area contributed by atoms with Crippen LogP contribution in [0.1, 0.15) is 25.0 Å². The second-order valence-electron chi connectivity index (χ2n) is 8.18. The van der Waals surface area contributed by atoms with E-state index in [0.717, 1.165) is 0 Å². The van der Waals surface area contributed by atoms with Gasteiger partial charge in [0.15, 0.2) is 0 Å². The summed E-state index contributed by atoms with van der Waals surface area (Å²) in [5.74, 6) is -2.82. The first kappa shape index (κ1) is 27.3. The monoisotopic (exact) mass is 486 g/mol. The van der Waals surface area contributed by atoms with Crippen molar-refractivity contribution in [2.24, 2.45) is 11.5 Å². The van der Waals surface area contributed by atoms with Gasteiger partial charge in [0.1, 0.15) is 23.6 Å². The minimum atomic E-state index is -1.21. The first-order valence-electron chi connectivity index (χ1n) is 10.9. The number of aromatic hydroxyl groups is 1. The summed E-state index contributed by atoms with van der Waals surface area (Å²) in [5, 5.41) is 23.7. The van der Waals surface area contributed by atoms with Crippen molar-refractivity contribution >= 4 is 23.8 Å².